The lowest BCUT2D eigenvalue weighted by Gasteiger charge is -2.25. The summed E-state index contributed by atoms with van der Waals surface area (Å²) in [4.78, 5) is 14.3. The smallest absolute Gasteiger partial charge is 0.307 e. The normalized spacial score (nSPS) is 14.4. The molecule has 134 valence electrons. The van der Waals surface area contributed by atoms with Gasteiger partial charge in [0.15, 0.2) is 0 Å². The molecule has 3 aromatic rings. The van der Waals surface area contributed by atoms with Crippen LogP contribution in [0.3, 0.4) is 0 Å². The number of aromatic nitrogens is 1. The quantitative estimate of drug-likeness (QED) is 0.642. The van der Waals surface area contributed by atoms with Crippen molar-refractivity contribution < 1.29 is 14.6 Å². The van der Waals surface area contributed by atoms with E-state index >= 15 is 0 Å². The van der Waals surface area contributed by atoms with Gasteiger partial charge < -0.3 is 14.8 Å². The van der Waals surface area contributed by atoms with Gasteiger partial charge in [-0.3, -0.25) is 4.79 Å². The Bertz CT molecular complexity index is 959. The molecule has 0 unspecified atom stereocenters. The molecule has 4 heteroatoms. The Morgan fingerprint density at radius 1 is 1.19 bits per heavy atom. The number of aliphatic carboxylic acids is 1. The first-order valence-electron chi connectivity index (χ1n) is 9.12. The number of carboxylic acid groups (broad SMARTS) is 1. The molecule has 1 saturated carbocycles. The third-order valence-corrected chi connectivity index (χ3v) is 5.33. The van der Waals surface area contributed by atoms with Gasteiger partial charge in [-0.2, -0.15) is 0 Å². The standard InChI is InChI=1S/C22H23NO3/c1-13-8-15(10-21(24)25)9-14(2)22(13)26-17-6-7-20-18(11-17)19(12-23-20)16-4-3-5-16/h6-9,11-12,16,23H,3-5,10H2,1-2H3,(H,24,25). The van der Waals surface area contributed by atoms with Crippen LogP contribution >= 0.6 is 0 Å². The van der Waals surface area contributed by atoms with Crippen molar-refractivity contribution in [2.75, 3.05) is 0 Å². The third kappa shape index (κ3) is 3.07. The highest BCUT2D eigenvalue weighted by molar-refractivity contribution is 5.85. The molecular weight excluding hydrogens is 326 g/mol. The first-order valence-corrected chi connectivity index (χ1v) is 9.12. The maximum absolute atomic E-state index is 10.9. The Labute approximate surface area is 152 Å². The predicted octanol–water partition coefficient (Wildman–Crippen LogP) is 5.47. The Hall–Kier alpha value is -2.75. The van der Waals surface area contributed by atoms with Crippen molar-refractivity contribution in [3.8, 4) is 11.5 Å². The molecule has 26 heavy (non-hydrogen) atoms. The molecular formula is C22H23NO3. The number of H-pyrrole nitrogens is 1. The number of nitrogens with one attached hydrogen (secondary N) is 1. The molecule has 1 fully saturated rings. The molecule has 1 aromatic heterocycles. The molecule has 2 aromatic carbocycles. The van der Waals surface area contributed by atoms with E-state index in [0.717, 1.165) is 33.7 Å². The van der Waals surface area contributed by atoms with Crippen LogP contribution in [-0.4, -0.2) is 16.1 Å². The Morgan fingerprint density at radius 3 is 2.54 bits per heavy atom. The number of aromatic amines is 1. The third-order valence-electron chi connectivity index (χ3n) is 5.33. The topological polar surface area (TPSA) is 62.3 Å². The summed E-state index contributed by atoms with van der Waals surface area (Å²) in [6.07, 6.45) is 6.01. The molecule has 0 spiro atoms. The van der Waals surface area contributed by atoms with Gasteiger partial charge in [0.05, 0.1) is 6.42 Å². The van der Waals surface area contributed by atoms with Crippen LogP contribution in [0.15, 0.2) is 36.5 Å². The zero-order valence-electron chi connectivity index (χ0n) is 15.1. The van der Waals surface area contributed by atoms with Crippen LogP contribution in [0.4, 0.5) is 0 Å². The average molecular weight is 349 g/mol. The van der Waals surface area contributed by atoms with Crippen molar-refractivity contribution in [3.05, 3.63) is 58.8 Å². The number of aryl methyl sites for hydroxylation is 2. The molecule has 1 aliphatic rings. The summed E-state index contributed by atoms with van der Waals surface area (Å²) in [5.74, 6) is 1.46. The first-order chi connectivity index (χ1) is 12.5. The van der Waals surface area contributed by atoms with Crippen LogP contribution in [0.25, 0.3) is 10.9 Å². The van der Waals surface area contributed by atoms with Crippen LogP contribution in [0.1, 0.15) is 47.4 Å². The fourth-order valence-corrected chi connectivity index (χ4v) is 3.84. The van der Waals surface area contributed by atoms with Gasteiger partial charge in [-0.05, 0) is 73.1 Å². The lowest BCUT2D eigenvalue weighted by atomic mass is 9.80. The summed E-state index contributed by atoms with van der Waals surface area (Å²) < 4.78 is 6.20. The van der Waals surface area contributed by atoms with Gasteiger partial charge in [-0.25, -0.2) is 0 Å². The molecule has 0 radical (unpaired) electrons. The number of hydrogen-bond acceptors (Lipinski definition) is 2. The van der Waals surface area contributed by atoms with Crippen LogP contribution in [0.5, 0.6) is 11.5 Å². The van der Waals surface area contributed by atoms with Crippen molar-refractivity contribution in [3.63, 3.8) is 0 Å². The summed E-state index contributed by atoms with van der Waals surface area (Å²) in [5.41, 5.74) is 5.24. The van der Waals surface area contributed by atoms with Gasteiger partial charge in [0.25, 0.3) is 0 Å². The zero-order chi connectivity index (χ0) is 18.3. The first kappa shape index (κ1) is 16.7. The van der Waals surface area contributed by atoms with E-state index < -0.39 is 5.97 Å². The molecule has 1 heterocycles. The minimum absolute atomic E-state index is 0.0298. The van der Waals surface area contributed by atoms with Crippen LogP contribution in [-0.2, 0) is 11.2 Å². The summed E-state index contributed by atoms with van der Waals surface area (Å²) in [6, 6.07) is 9.95. The van der Waals surface area contributed by atoms with Gasteiger partial charge in [0.1, 0.15) is 11.5 Å². The van der Waals surface area contributed by atoms with E-state index in [-0.39, 0.29) is 6.42 Å². The van der Waals surface area contributed by atoms with Crippen molar-refractivity contribution in [2.24, 2.45) is 0 Å². The highest BCUT2D eigenvalue weighted by Gasteiger charge is 2.22. The van der Waals surface area contributed by atoms with Gasteiger partial charge >= 0.3 is 5.97 Å². The van der Waals surface area contributed by atoms with E-state index in [4.69, 9.17) is 9.84 Å². The van der Waals surface area contributed by atoms with Crippen LogP contribution in [0, 0.1) is 13.8 Å². The summed E-state index contributed by atoms with van der Waals surface area (Å²) in [6.45, 7) is 3.92. The van der Waals surface area contributed by atoms with Crippen LogP contribution in [0.2, 0.25) is 0 Å². The lowest BCUT2D eigenvalue weighted by molar-refractivity contribution is -0.136. The maximum atomic E-state index is 10.9. The average Bonchev–Trinajstić information content (AvgIpc) is 2.92. The lowest BCUT2D eigenvalue weighted by Crippen LogP contribution is -2.07. The minimum Gasteiger partial charge on any atom is -0.481 e. The second-order valence-electron chi connectivity index (χ2n) is 7.31. The number of benzene rings is 2. The molecule has 4 rings (SSSR count). The molecule has 2 N–H and O–H groups in total. The van der Waals surface area contributed by atoms with E-state index in [9.17, 15) is 4.79 Å². The van der Waals surface area contributed by atoms with Crippen molar-refractivity contribution in [2.45, 2.75) is 45.4 Å². The van der Waals surface area contributed by atoms with E-state index in [2.05, 4.69) is 23.3 Å². The molecule has 0 amide bonds. The number of fused-ring (bicyclic) bond motifs is 1. The highest BCUT2D eigenvalue weighted by Crippen LogP contribution is 2.41. The zero-order valence-corrected chi connectivity index (χ0v) is 15.1. The van der Waals surface area contributed by atoms with Gasteiger partial charge in [-0.15, -0.1) is 0 Å². The fourth-order valence-electron chi connectivity index (χ4n) is 3.84. The number of carboxylic acids is 1. The predicted molar refractivity (Wildman–Crippen MR) is 102 cm³/mol. The molecule has 1 aliphatic carbocycles. The van der Waals surface area contributed by atoms with Crippen molar-refractivity contribution >= 4 is 16.9 Å². The molecule has 0 atom stereocenters. The number of hydrogen-bond donors (Lipinski definition) is 2. The van der Waals surface area contributed by atoms with Crippen molar-refractivity contribution in [1.29, 1.82) is 0 Å². The largest absolute Gasteiger partial charge is 0.481 e. The van der Waals surface area contributed by atoms with E-state index in [1.54, 1.807) is 0 Å². The van der Waals surface area contributed by atoms with Crippen LogP contribution < -0.4 is 4.74 Å². The summed E-state index contributed by atoms with van der Waals surface area (Å²) in [7, 11) is 0. The molecule has 0 saturated heterocycles. The van der Waals surface area contributed by atoms with E-state index in [0.29, 0.717) is 5.92 Å². The Balaban J connectivity index is 1.65. The van der Waals surface area contributed by atoms with Crippen molar-refractivity contribution in [1.82, 2.24) is 4.98 Å². The van der Waals surface area contributed by atoms with Gasteiger partial charge in [0.2, 0.25) is 0 Å². The van der Waals surface area contributed by atoms with E-state index in [1.165, 1.54) is 30.2 Å². The second kappa shape index (κ2) is 6.52. The Morgan fingerprint density at radius 2 is 1.92 bits per heavy atom. The maximum Gasteiger partial charge on any atom is 0.307 e. The molecule has 0 bridgehead atoms. The number of carbonyl (C=O) groups is 1. The summed E-state index contributed by atoms with van der Waals surface area (Å²) in [5, 5.41) is 10.2. The SMILES string of the molecule is Cc1cc(CC(=O)O)cc(C)c1Oc1ccc2[nH]cc(C3CCC3)c2c1. The minimum atomic E-state index is -0.820. The number of rotatable bonds is 5. The van der Waals surface area contributed by atoms with E-state index in [1.807, 2.05) is 32.0 Å². The second-order valence-corrected chi connectivity index (χ2v) is 7.31. The molecule has 0 aliphatic heterocycles. The number of ether oxygens (including phenoxy) is 1. The van der Waals surface area contributed by atoms with Gasteiger partial charge in [-0.1, -0.05) is 18.6 Å². The summed E-state index contributed by atoms with van der Waals surface area (Å²) >= 11 is 0. The van der Waals surface area contributed by atoms with Gasteiger partial charge in [0, 0.05) is 17.1 Å². The monoisotopic (exact) mass is 349 g/mol. The molecule has 4 nitrogen and oxygen atoms in total. The Kier molecular flexibility index (Phi) is 4.19. The highest BCUT2D eigenvalue weighted by atomic mass is 16.5. The fraction of sp³-hybridized carbons (Fsp3) is 0.318.